The number of nitrogens with zero attached hydrogens (tertiary/aromatic N) is 6. The summed E-state index contributed by atoms with van der Waals surface area (Å²) in [4.78, 5) is 33.3. The van der Waals surface area contributed by atoms with Crippen molar-refractivity contribution in [2.45, 2.75) is 46.2 Å². The number of methoxy groups -OCH3 is 1. The molecule has 5 rings (SSSR count). The summed E-state index contributed by atoms with van der Waals surface area (Å²) >= 11 is 6.39. The standard InChI is InChI=1S/C29H27ClN6O2/c1-7-23-32-15-21(28(33-23)38-6)27-34-24-26(35(27)16(2)3)25(18-9-12-20(31-5)13-10-18)36(29(24)37)22-14-19(30)11-8-17(22)4/h8-16,25H,7H2,1-4,6H3. The molecule has 1 atom stereocenters. The number of ether oxygens (including phenoxy) is 1. The lowest BCUT2D eigenvalue weighted by Crippen LogP contribution is -2.31. The summed E-state index contributed by atoms with van der Waals surface area (Å²) in [6.07, 6.45) is 2.38. The van der Waals surface area contributed by atoms with Gasteiger partial charge in [0, 0.05) is 29.4 Å². The highest BCUT2D eigenvalue weighted by Gasteiger charge is 2.45. The molecule has 1 aliphatic heterocycles. The Kier molecular flexibility index (Phi) is 6.64. The van der Waals surface area contributed by atoms with Crippen LogP contribution >= 0.6 is 11.6 Å². The van der Waals surface area contributed by atoms with Crippen LogP contribution in [0.2, 0.25) is 5.02 Å². The number of aryl methyl sites for hydroxylation is 2. The molecule has 0 spiro atoms. The molecule has 2 aromatic heterocycles. The maximum Gasteiger partial charge on any atom is 0.279 e. The molecule has 0 fully saturated rings. The fraction of sp³-hybridized carbons (Fsp3) is 0.276. The summed E-state index contributed by atoms with van der Waals surface area (Å²) in [5.41, 5.74) is 4.75. The summed E-state index contributed by atoms with van der Waals surface area (Å²) in [6, 6.07) is 12.3. The Balaban J connectivity index is 1.79. The molecule has 38 heavy (non-hydrogen) atoms. The number of amides is 1. The number of carbonyl (C=O) groups excluding carboxylic acids is 1. The van der Waals surface area contributed by atoms with Gasteiger partial charge >= 0.3 is 0 Å². The first kappa shape index (κ1) is 25.4. The fourth-order valence-electron chi connectivity index (χ4n) is 4.94. The van der Waals surface area contributed by atoms with Gasteiger partial charge in [0.2, 0.25) is 5.88 Å². The molecule has 0 bridgehead atoms. The van der Waals surface area contributed by atoms with Gasteiger partial charge in [-0.1, -0.05) is 48.9 Å². The van der Waals surface area contributed by atoms with E-state index in [0.29, 0.717) is 51.6 Å². The number of anilines is 1. The van der Waals surface area contributed by atoms with E-state index in [4.69, 9.17) is 27.9 Å². The van der Waals surface area contributed by atoms with Crippen molar-refractivity contribution >= 4 is 28.9 Å². The van der Waals surface area contributed by atoms with Crippen molar-refractivity contribution in [3.8, 4) is 17.3 Å². The van der Waals surface area contributed by atoms with Gasteiger partial charge < -0.3 is 9.30 Å². The molecule has 9 heteroatoms. The lowest BCUT2D eigenvalue weighted by Gasteiger charge is -2.29. The highest BCUT2D eigenvalue weighted by atomic mass is 35.5. The van der Waals surface area contributed by atoms with Crippen molar-refractivity contribution in [3.63, 3.8) is 0 Å². The van der Waals surface area contributed by atoms with Gasteiger partial charge in [-0.15, -0.1) is 0 Å². The number of benzene rings is 2. The molecule has 4 aromatic rings. The van der Waals surface area contributed by atoms with Crippen LogP contribution in [0.15, 0.2) is 48.7 Å². The van der Waals surface area contributed by atoms with Gasteiger partial charge in [0.1, 0.15) is 17.7 Å². The number of aromatic nitrogens is 4. The van der Waals surface area contributed by atoms with Crippen molar-refractivity contribution in [2.24, 2.45) is 0 Å². The van der Waals surface area contributed by atoms with Crippen molar-refractivity contribution in [1.29, 1.82) is 0 Å². The molecule has 3 heterocycles. The molecule has 0 N–H and O–H groups in total. The van der Waals surface area contributed by atoms with Crippen LogP contribution in [0, 0.1) is 13.5 Å². The second-order valence-electron chi connectivity index (χ2n) is 9.41. The SMILES string of the molecule is [C-]#[N+]c1ccc(C2c3c(nc(-c4cnc(CC)nc4OC)n3C(C)C)C(=O)N2c2cc(Cl)ccc2C)cc1. The minimum absolute atomic E-state index is 0.0463. The summed E-state index contributed by atoms with van der Waals surface area (Å²) in [6.45, 7) is 15.4. The van der Waals surface area contributed by atoms with Gasteiger partial charge in [-0.2, -0.15) is 4.98 Å². The Morgan fingerprint density at radius 1 is 1.16 bits per heavy atom. The monoisotopic (exact) mass is 526 g/mol. The van der Waals surface area contributed by atoms with E-state index < -0.39 is 6.04 Å². The van der Waals surface area contributed by atoms with Gasteiger partial charge in [0.15, 0.2) is 11.4 Å². The topological polar surface area (TPSA) is 77.5 Å². The van der Waals surface area contributed by atoms with Crippen LogP contribution in [0.3, 0.4) is 0 Å². The number of rotatable bonds is 6. The molecule has 8 nitrogen and oxygen atoms in total. The summed E-state index contributed by atoms with van der Waals surface area (Å²) in [5.74, 6) is 1.42. The van der Waals surface area contributed by atoms with Crippen LogP contribution in [0.5, 0.6) is 5.88 Å². The van der Waals surface area contributed by atoms with E-state index in [1.54, 1.807) is 30.3 Å². The van der Waals surface area contributed by atoms with Gasteiger partial charge in [0.05, 0.1) is 24.9 Å². The molecule has 192 valence electrons. The largest absolute Gasteiger partial charge is 0.480 e. The molecular weight excluding hydrogens is 500 g/mol. The van der Waals surface area contributed by atoms with E-state index in [9.17, 15) is 4.79 Å². The van der Waals surface area contributed by atoms with Crippen LogP contribution in [-0.4, -0.2) is 32.5 Å². The summed E-state index contributed by atoms with van der Waals surface area (Å²) in [7, 11) is 1.57. The van der Waals surface area contributed by atoms with Gasteiger partial charge in [-0.05, 0) is 44.0 Å². The number of fused-ring (bicyclic) bond motifs is 1. The predicted octanol–water partition coefficient (Wildman–Crippen LogP) is 6.75. The first-order chi connectivity index (χ1) is 18.3. The molecule has 2 aromatic carbocycles. The first-order valence-electron chi connectivity index (χ1n) is 12.4. The molecule has 0 saturated heterocycles. The third-order valence-electron chi connectivity index (χ3n) is 6.73. The zero-order valence-corrected chi connectivity index (χ0v) is 22.6. The summed E-state index contributed by atoms with van der Waals surface area (Å²) in [5, 5.41) is 0.537. The zero-order valence-electron chi connectivity index (χ0n) is 21.9. The molecule has 1 amide bonds. The normalized spacial score (nSPS) is 14.6. The van der Waals surface area contributed by atoms with E-state index >= 15 is 0 Å². The Bertz CT molecular complexity index is 1590. The second-order valence-corrected chi connectivity index (χ2v) is 9.84. The van der Waals surface area contributed by atoms with Crippen LogP contribution in [-0.2, 0) is 6.42 Å². The minimum Gasteiger partial charge on any atom is -0.480 e. The van der Waals surface area contributed by atoms with Crippen LogP contribution in [0.25, 0.3) is 16.2 Å². The van der Waals surface area contributed by atoms with Gasteiger partial charge in [0.25, 0.3) is 5.91 Å². The maximum absolute atomic E-state index is 14.1. The average molecular weight is 527 g/mol. The molecule has 1 unspecified atom stereocenters. The Labute approximate surface area is 226 Å². The second kappa shape index (κ2) is 9.92. The lowest BCUT2D eigenvalue weighted by molar-refractivity contribution is 0.0989. The zero-order chi connectivity index (χ0) is 27.1. The third-order valence-corrected chi connectivity index (χ3v) is 6.96. The highest BCUT2D eigenvalue weighted by molar-refractivity contribution is 6.31. The first-order valence-corrected chi connectivity index (χ1v) is 12.8. The minimum atomic E-state index is -0.486. The molecule has 0 saturated carbocycles. The van der Waals surface area contributed by atoms with Gasteiger partial charge in [-0.3, -0.25) is 9.69 Å². The van der Waals surface area contributed by atoms with E-state index in [1.165, 1.54) is 0 Å². The predicted molar refractivity (Wildman–Crippen MR) is 147 cm³/mol. The molecule has 1 aliphatic rings. The number of hydrogen-bond donors (Lipinski definition) is 0. The van der Waals surface area contributed by atoms with Crippen LogP contribution < -0.4 is 9.64 Å². The smallest absolute Gasteiger partial charge is 0.279 e. The number of hydrogen-bond acceptors (Lipinski definition) is 5. The highest BCUT2D eigenvalue weighted by Crippen LogP contribution is 2.46. The lowest BCUT2D eigenvalue weighted by atomic mass is 10.0. The van der Waals surface area contributed by atoms with E-state index in [2.05, 4.69) is 33.2 Å². The quantitative estimate of drug-likeness (QED) is 0.259. The maximum atomic E-state index is 14.1. The molecule has 0 aliphatic carbocycles. The third kappa shape index (κ3) is 4.09. The Morgan fingerprint density at radius 2 is 1.89 bits per heavy atom. The Hall–Kier alpha value is -4.22. The van der Waals surface area contributed by atoms with Crippen molar-refractivity contribution < 1.29 is 9.53 Å². The van der Waals surface area contributed by atoms with Crippen molar-refractivity contribution in [1.82, 2.24) is 19.5 Å². The number of halogens is 1. The number of imidazole rings is 1. The average Bonchev–Trinajstić information content (AvgIpc) is 3.44. The van der Waals surface area contributed by atoms with Crippen molar-refractivity contribution in [2.75, 3.05) is 12.0 Å². The van der Waals surface area contributed by atoms with E-state index in [0.717, 1.165) is 16.8 Å². The van der Waals surface area contributed by atoms with Crippen LogP contribution in [0.4, 0.5) is 11.4 Å². The Morgan fingerprint density at radius 3 is 2.53 bits per heavy atom. The van der Waals surface area contributed by atoms with E-state index in [1.807, 2.05) is 44.2 Å². The van der Waals surface area contributed by atoms with E-state index in [-0.39, 0.29) is 11.9 Å². The fourth-order valence-corrected chi connectivity index (χ4v) is 5.11. The number of carbonyl (C=O) groups is 1. The molecule has 0 radical (unpaired) electrons. The summed E-state index contributed by atoms with van der Waals surface area (Å²) < 4.78 is 7.68. The molecular formula is C29H27ClN6O2. The van der Waals surface area contributed by atoms with Gasteiger partial charge in [-0.25, -0.2) is 14.8 Å². The van der Waals surface area contributed by atoms with Crippen molar-refractivity contribution in [3.05, 3.63) is 93.4 Å². The van der Waals surface area contributed by atoms with Crippen LogP contribution in [0.1, 0.15) is 66.0 Å².